The van der Waals surface area contributed by atoms with Gasteiger partial charge in [0, 0.05) is 5.92 Å². The Labute approximate surface area is 154 Å². The molecule has 0 fully saturated rings. The Bertz CT molecular complexity index is 399. The monoisotopic (exact) mass is 356 g/mol. The lowest BCUT2D eigenvalue weighted by molar-refractivity contribution is -0.182. The van der Waals surface area contributed by atoms with Gasteiger partial charge in [0.05, 0.1) is 17.5 Å². The van der Waals surface area contributed by atoms with Crippen LogP contribution in [0.25, 0.3) is 0 Å². The van der Waals surface area contributed by atoms with E-state index in [0.29, 0.717) is 6.42 Å². The summed E-state index contributed by atoms with van der Waals surface area (Å²) in [5.74, 6) is -1.23. The molecule has 4 heteroatoms. The summed E-state index contributed by atoms with van der Waals surface area (Å²) < 4.78 is 5.70. The highest BCUT2D eigenvalue weighted by molar-refractivity contribution is 4.97. The van der Waals surface area contributed by atoms with Crippen LogP contribution in [0.1, 0.15) is 86.0 Å². The van der Waals surface area contributed by atoms with Crippen molar-refractivity contribution in [3.8, 4) is 0 Å². The van der Waals surface area contributed by atoms with Crippen LogP contribution in [0.4, 0.5) is 0 Å². The number of hydrogen-bond acceptors (Lipinski definition) is 4. The molecule has 0 saturated heterocycles. The largest absolute Gasteiger partial charge is 0.513 e. The van der Waals surface area contributed by atoms with Crippen molar-refractivity contribution in [2.24, 2.45) is 5.92 Å². The third-order valence-electron chi connectivity index (χ3n) is 4.57. The Morgan fingerprint density at radius 2 is 1.72 bits per heavy atom. The molecule has 4 atom stereocenters. The minimum Gasteiger partial charge on any atom is -0.513 e. The Hall–Kier alpha value is -0.840. The number of hydrogen-bond donors (Lipinski definition) is 3. The number of unbranched alkanes of at least 4 members (excludes halogenated alkanes) is 2. The fourth-order valence-electron chi connectivity index (χ4n) is 2.78. The van der Waals surface area contributed by atoms with E-state index in [-0.39, 0.29) is 17.8 Å². The van der Waals surface area contributed by atoms with Crippen molar-refractivity contribution >= 4 is 0 Å². The van der Waals surface area contributed by atoms with Gasteiger partial charge in [0.15, 0.2) is 5.79 Å². The summed E-state index contributed by atoms with van der Waals surface area (Å²) in [6.45, 7) is 13.0. The molecule has 0 bridgehead atoms. The quantitative estimate of drug-likeness (QED) is 0.172. The lowest BCUT2D eigenvalue weighted by Crippen LogP contribution is -2.30. The Kier molecular flexibility index (Phi) is 11.3. The van der Waals surface area contributed by atoms with Gasteiger partial charge in [-0.1, -0.05) is 45.8 Å². The highest BCUT2D eigenvalue weighted by Crippen LogP contribution is 2.23. The molecule has 0 saturated carbocycles. The summed E-state index contributed by atoms with van der Waals surface area (Å²) in [5.41, 5.74) is -0.611. The van der Waals surface area contributed by atoms with Crippen LogP contribution in [0.5, 0.6) is 0 Å². The molecule has 4 unspecified atom stereocenters. The van der Waals surface area contributed by atoms with E-state index in [9.17, 15) is 15.3 Å². The van der Waals surface area contributed by atoms with Crippen LogP contribution >= 0.6 is 0 Å². The van der Waals surface area contributed by atoms with Gasteiger partial charge in [-0.25, -0.2) is 0 Å². The van der Waals surface area contributed by atoms with Gasteiger partial charge in [-0.05, 0) is 59.0 Å². The van der Waals surface area contributed by atoms with Crippen molar-refractivity contribution in [1.82, 2.24) is 0 Å². The van der Waals surface area contributed by atoms with E-state index in [1.54, 1.807) is 19.1 Å². The first-order chi connectivity index (χ1) is 11.5. The summed E-state index contributed by atoms with van der Waals surface area (Å²) in [7, 11) is 0. The van der Waals surface area contributed by atoms with Crippen molar-refractivity contribution in [3.05, 3.63) is 24.5 Å². The smallest absolute Gasteiger partial charge is 0.182 e. The maximum Gasteiger partial charge on any atom is 0.182 e. The SMILES string of the molecule is C=C(O)C(C)C/C=C/C(C)(O)OC(C)CCCC(C)(O)CCCCC. The first-order valence-corrected chi connectivity index (χ1v) is 9.67. The van der Waals surface area contributed by atoms with E-state index >= 15 is 0 Å². The van der Waals surface area contributed by atoms with E-state index < -0.39 is 11.4 Å². The summed E-state index contributed by atoms with van der Waals surface area (Å²) >= 11 is 0. The molecule has 3 N–H and O–H groups in total. The second-order valence-corrected chi connectivity index (χ2v) is 7.86. The van der Waals surface area contributed by atoms with Crippen LogP contribution in [0.15, 0.2) is 24.5 Å². The molecule has 0 aliphatic rings. The number of aliphatic hydroxyl groups excluding tert-OH is 1. The normalized spacial score (nSPS) is 19.3. The topological polar surface area (TPSA) is 69.9 Å². The second kappa shape index (κ2) is 11.7. The highest BCUT2D eigenvalue weighted by Gasteiger charge is 2.23. The summed E-state index contributed by atoms with van der Waals surface area (Å²) in [5, 5.41) is 30.0. The second-order valence-electron chi connectivity index (χ2n) is 7.86. The molecule has 0 amide bonds. The zero-order chi connectivity index (χ0) is 19.5. The molecule has 0 rings (SSSR count). The van der Waals surface area contributed by atoms with E-state index in [0.717, 1.165) is 44.9 Å². The summed E-state index contributed by atoms with van der Waals surface area (Å²) in [6.07, 6.45) is 10.5. The van der Waals surface area contributed by atoms with E-state index in [1.165, 1.54) is 0 Å². The Balaban J connectivity index is 4.16. The van der Waals surface area contributed by atoms with Gasteiger partial charge < -0.3 is 20.1 Å². The van der Waals surface area contributed by atoms with Gasteiger partial charge in [0.25, 0.3) is 0 Å². The lowest BCUT2D eigenvalue weighted by atomic mass is 9.92. The van der Waals surface area contributed by atoms with Gasteiger partial charge in [-0.3, -0.25) is 0 Å². The van der Waals surface area contributed by atoms with Gasteiger partial charge in [-0.2, -0.15) is 0 Å². The number of ether oxygens (including phenoxy) is 1. The molecule has 0 radical (unpaired) electrons. The number of allylic oxidation sites excluding steroid dienone is 2. The Morgan fingerprint density at radius 1 is 1.12 bits per heavy atom. The average Bonchev–Trinajstić information content (AvgIpc) is 2.45. The molecule has 0 aromatic rings. The zero-order valence-corrected chi connectivity index (χ0v) is 16.9. The maximum atomic E-state index is 10.4. The molecule has 0 aliphatic carbocycles. The fourth-order valence-corrected chi connectivity index (χ4v) is 2.78. The van der Waals surface area contributed by atoms with Gasteiger partial charge in [0.2, 0.25) is 0 Å². The molecule has 0 aromatic carbocycles. The molecular formula is C21H40O4. The van der Waals surface area contributed by atoms with Gasteiger partial charge in [-0.15, -0.1) is 0 Å². The van der Waals surface area contributed by atoms with Crippen LogP contribution in [-0.2, 0) is 4.74 Å². The van der Waals surface area contributed by atoms with Crippen molar-refractivity contribution < 1.29 is 20.1 Å². The first kappa shape index (κ1) is 24.2. The van der Waals surface area contributed by atoms with Gasteiger partial charge >= 0.3 is 0 Å². The van der Waals surface area contributed by atoms with Crippen LogP contribution in [0.2, 0.25) is 0 Å². The van der Waals surface area contributed by atoms with Crippen LogP contribution in [0.3, 0.4) is 0 Å². The predicted molar refractivity (Wildman–Crippen MR) is 104 cm³/mol. The van der Waals surface area contributed by atoms with Gasteiger partial charge in [0.1, 0.15) is 0 Å². The predicted octanol–water partition coefficient (Wildman–Crippen LogP) is 5.26. The molecule has 0 heterocycles. The third kappa shape index (κ3) is 13.1. The van der Waals surface area contributed by atoms with Crippen molar-refractivity contribution in [2.75, 3.05) is 0 Å². The summed E-state index contributed by atoms with van der Waals surface area (Å²) in [4.78, 5) is 0. The molecular weight excluding hydrogens is 316 g/mol. The molecule has 148 valence electrons. The minimum absolute atomic E-state index is 0.0422. The van der Waals surface area contributed by atoms with Crippen molar-refractivity contribution in [2.45, 2.75) is 103 Å². The van der Waals surface area contributed by atoms with E-state index in [4.69, 9.17) is 4.74 Å². The standard InChI is InChI=1S/C21H40O4/c1-7-8-9-14-20(5,23)15-11-13-18(3)25-21(6,24)16-10-12-17(2)19(4)22/h10,16-18,22-24H,4,7-9,11-15H2,1-3,5-6H3/b16-10+. The zero-order valence-electron chi connectivity index (χ0n) is 16.9. The molecule has 0 aromatic heterocycles. The van der Waals surface area contributed by atoms with Crippen molar-refractivity contribution in [1.29, 1.82) is 0 Å². The van der Waals surface area contributed by atoms with E-state index in [1.807, 2.05) is 20.8 Å². The fraction of sp³-hybridized carbons (Fsp3) is 0.810. The third-order valence-corrected chi connectivity index (χ3v) is 4.57. The molecule has 0 aliphatic heterocycles. The molecule has 4 nitrogen and oxygen atoms in total. The van der Waals surface area contributed by atoms with Crippen LogP contribution in [0, 0.1) is 5.92 Å². The minimum atomic E-state index is -1.33. The highest BCUT2D eigenvalue weighted by atomic mass is 16.6. The van der Waals surface area contributed by atoms with Crippen molar-refractivity contribution in [3.63, 3.8) is 0 Å². The van der Waals surface area contributed by atoms with E-state index in [2.05, 4.69) is 13.5 Å². The van der Waals surface area contributed by atoms with Crippen LogP contribution in [-0.4, -0.2) is 32.8 Å². The Morgan fingerprint density at radius 3 is 2.28 bits per heavy atom. The molecule has 0 spiro atoms. The lowest BCUT2D eigenvalue weighted by Gasteiger charge is -2.27. The van der Waals surface area contributed by atoms with Crippen LogP contribution < -0.4 is 0 Å². The number of rotatable bonds is 14. The maximum absolute atomic E-state index is 10.4. The summed E-state index contributed by atoms with van der Waals surface area (Å²) in [6, 6.07) is 0. The number of aliphatic hydroxyl groups is 3. The average molecular weight is 357 g/mol. The molecule has 25 heavy (non-hydrogen) atoms. The first-order valence-electron chi connectivity index (χ1n) is 9.67.